The number of ketones is 1. The molecule has 1 atom stereocenters. The Morgan fingerprint density at radius 3 is 1.47 bits per heavy atom. The third-order valence-corrected chi connectivity index (χ3v) is 8.30. The van der Waals surface area contributed by atoms with E-state index in [1.165, 1.54) is 77.0 Å². The van der Waals surface area contributed by atoms with Gasteiger partial charge in [0.05, 0.1) is 39.6 Å². The minimum Gasteiger partial charge on any atom is -0.480 e. The molecule has 0 aliphatic rings. The summed E-state index contributed by atoms with van der Waals surface area (Å²) in [5.41, 5.74) is 0. The zero-order valence-corrected chi connectivity index (χ0v) is 32.1. The average molecular weight is 730 g/mol. The summed E-state index contributed by atoms with van der Waals surface area (Å²) in [6.07, 6.45) is 18.8. The topological polar surface area (TPSA) is 179 Å². The molecule has 0 saturated heterocycles. The van der Waals surface area contributed by atoms with Gasteiger partial charge in [-0.05, 0) is 12.8 Å². The number of unbranched alkanes of at least 4 members (excludes halogenated alkanes) is 14. The fraction of sp³-hybridized carbons (Fsp3) is 0.868. The number of nitrogens with one attached hydrogen (secondary N) is 3. The number of hydrogen-bond acceptors (Lipinski definition) is 9. The SMILES string of the molecule is CCCCCCCCCCCCCCCCCC(=O)N[C@@H](CCC(=O)NCCOCCOCC(=O)NCCOCCOCC(=O)C(C)C)C(=O)O. The first-order valence-electron chi connectivity index (χ1n) is 19.6. The Morgan fingerprint density at radius 2 is 0.980 bits per heavy atom. The van der Waals surface area contributed by atoms with Crippen LogP contribution in [0.15, 0.2) is 0 Å². The van der Waals surface area contributed by atoms with Crippen LogP contribution in [0.1, 0.15) is 136 Å². The van der Waals surface area contributed by atoms with Gasteiger partial charge in [-0.2, -0.15) is 0 Å². The number of carboxylic acids is 1. The van der Waals surface area contributed by atoms with E-state index >= 15 is 0 Å². The summed E-state index contributed by atoms with van der Waals surface area (Å²) in [5.74, 6) is -2.08. The van der Waals surface area contributed by atoms with E-state index < -0.39 is 12.0 Å². The summed E-state index contributed by atoms with van der Waals surface area (Å²) in [6, 6.07) is -1.11. The highest BCUT2D eigenvalue weighted by atomic mass is 16.5. The molecular formula is C38H71N3O10. The van der Waals surface area contributed by atoms with Crippen molar-refractivity contribution in [2.45, 2.75) is 142 Å². The van der Waals surface area contributed by atoms with Crippen molar-refractivity contribution in [1.29, 1.82) is 0 Å². The highest BCUT2D eigenvalue weighted by molar-refractivity contribution is 5.84. The lowest BCUT2D eigenvalue weighted by Crippen LogP contribution is -2.41. The molecule has 13 nitrogen and oxygen atoms in total. The third-order valence-electron chi connectivity index (χ3n) is 8.30. The standard InChI is InChI=1S/C38H71N3O10/c1-4-5-6-7-8-9-10-11-12-13-14-15-16-17-18-19-36(44)41-33(38(46)47)20-21-35(43)39-22-24-48-27-29-51-31-37(45)40-23-25-49-26-28-50-30-34(42)32(2)3/h32-33H,4-31H2,1-3H3,(H,39,43)(H,40,45)(H,41,44)(H,46,47)/t33-/m0/s1. The largest absolute Gasteiger partial charge is 0.480 e. The van der Waals surface area contributed by atoms with Crippen LogP contribution in [-0.4, -0.2) is 107 Å². The lowest BCUT2D eigenvalue weighted by Gasteiger charge is -2.14. The van der Waals surface area contributed by atoms with Crippen molar-refractivity contribution >= 4 is 29.5 Å². The number of hydrogen-bond donors (Lipinski definition) is 4. The summed E-state index contributed by atoms with van der Waals surface area (Å²) >= 11 is 0. The number of amides is 3. The van der Waals surface area contributed by atoms with Crippen molar-refractivity contribution in [2.24, 2.45) is 5.92 Å². The van der Waals surface area contributed by atoms with Gasteiger partial charge in [-0.1, -0.05) is 111 Å². The van der Waals surface area contributed by atoms with Crippen molar-refractivity contribution < 1.29 is 48.0 Å². The van der Waals surface area contributed by atoms with Crippen LogP contribution in [0, 0.1) is 5.92 Å². The van der Waals surface area contributed by atoms with Crippen LogP contribution < -0.4 is 16.0 Å². The van der Waals surface area contributed by atoms with Crippen LogP contribution in [0.4, 0.5) is 0 Å². The van der Waals surface area contributed by atoms with E-state index in [0.717, 1.165) is 19.3 Å². The molecule has 0 aromatic heterocycles. The lowest BCUT2D eigenvalue weighted by molar-refractivity contribution is -0.142. The number of Topliss-reactive ketones (excluding diaryl/α,β-unsaturated/α-hetero) is 1. The predicted octanol–water partition coefficient (Wildman–Crippen LogP) is 5.12. The molecule has 0 radical (unpaired) electrons. The Kier molecular flexibility index (Phi) is 33.9. The maximum Gasteiger partial charge on any atom is 0.326 e. The summed E-state index contributed by atoms with van der Waals surface area (Å²) in [4.78, 5) is 59.3. The van der Waals surface area contributed by atoms with Crippen LogP contribution in [-0.2, 0) is 42.9 Å². The molecule has 0 spiro atoms. The molecule has 0 bridgehead atoms. The van der Waals surface area contributed by atoms with Gasteiger partial charge in [-0.15, -0.1) is 0 Å². The van der Waals surface area contributed by atoms with E-state index in [4.69, 9.17) is 18.9 Å². The van der Waals surface area contributed by atoms with E-state index in [1.807, 2.05) is 13.8 Å². The highest BCUT2D eigenvalue weighted by Gasteiger charge is 2.20. The summed E-state index contributed by atoms with van der Waals surface area (Å²) < 4.78 is 21.2. The first kappa shape index (κ1) is 48.4. The molecule has 0 fully saturated rings. The first-order chi connectivity index (χ1) is 24.7. The monoisotopic (exact) mass is 730 g/mol. The maximum atomic E-state index is 12.3. The minimum atomic E-state index is -1.16. The number of rotatable bonds is 38. The van der Waals surface area contributed by atoms with E-state index in [2.05, 4.69) is 22.9 Å². The Morgan fingerprint density at radius 1 is 0.529 bits per heavy atom. The first-order valence-corrected chi connectivity index (χ1v) is 19.6. The lowest BCUT2D eigenvalue weighted by atomic mass is 10.0. The average Bonchev–Trinajstić information content (AvgIpc) is 3.10. The van der Waals surface area contributed by atoms with Crippen LogP contribution in [0.25, 0.3) is 0 Å². The molecule has 13 heteroatoms. The van der Waals surface area contributed by atoms with Crippen molar-refractivity contribution in [3.8, 4) is 0 Å². The van der Waals surface area contributed by atoms with Crippen LogP contribution in [0.5, 0.6) is 0 Å². The summed E-state index contributed by atoms with van der Waals surface area (Å²) in [5, 5.41) is 17.4. The van der Waals surface area contributed by atoms with Crippen molar-refractivity contribution in [3.63, 3.8) is 0 Å². The van der Waals surface area contributed by atoms with E-state index in [0.29, 0.717) is 26.4 Å². The van der Waals surface area contributed by atoms with E-state index in [1.54, 1.807) is 0 Å². The quantitative estimate of drug-likeness (QED) is 0.0624. The second-order valence-corrected chi connectivity index (χ2v) is 13.3. The van der Waals surface area contributed by atoms with Crippen LogP contribution in [0.2, 0.25) is 0 Å². The molecule has 298 valence electrons. The number of carbonyl (C=O) groups excluding carboxylic acids is 4. The van der Waals surface area contributed by atoms with Gasteiger partial charge >= 0.3 is 5.97 Å². The second-order valence-electron chi connectivity index (χ2n) is 13.3. The molecule has 0 unspecified atom stereocenters. The highest BCUT2D eigenvalue weighted by Crippen LogP contribution is 2.14. The summed E-state index contributed by atoms with van der Waals surface area (Å²) in [7, 11) is 0. The molecule has 0 aromatic carbocycles. The normalized spacial score (nSPS) is 11.8. The van der Waals surface area contributed by atoms with Gasteiger partial charge < -0.3 is 40.0 Å². The van der Waals surface area contributed by atoms with Gasteiger partial charge in [-0.25, -0.2) is 4.79 Å². The fourth-order valence-corrected chi connectivity index (χ4v) is 5.06. The molecule has 51 heavy (non-hydrogen) atoms. The molecule has 0 aromatic rings. The maximum absolute atomic E-state index is 12.3. The zero-order valence-electron chi connectivity index (χ0n) is 32.1. The molecule has 0 saturated carbocycles. The third kappa shape index (κ3) is 34.3. The van der Waals surface area contributed by atoms with Gasteiger partial charge in [0.1, 0.15) is 19.3 Å². The van der Waals surface area contributed by atoms with Gasteiger partial charge in [0, 0.05) is 31.8 Å². The number of carboxylic acid groups (broad SMARTS) is 1. The molecule has 0 aliphatic heterocycles. The van der Waals surface area contributed by atoms with Gasteiger partial charge in [0.25, 0.3) is 0 Å². The zero-order chi connectivity index (χ0) is 37.8. The van der Waals surface area contributed by atoms with Gasteiger partial charge in [0.15, 0.2) is 5.78 Å². The number of aliphatic carboxylic acids is 1. The number of ether oxygens (including phenoxy) is 4. The fourth-order valence-electron chi connectivity index (χ4n) is 5.06. The Hall–Kier alpha value is -2.61. The van der Waals surface area contributed by atoms with Crippen molar-refractivity contribution in [2.75, 3.05) is 65.9 Å². The van der Waals surface area contributed by atoms with Crippen molar-refractivity contribution in [3.05, 3.63) is 0 Å². The molecule has 0 rings (SSSR count). The molecule has 4 N–H and O–H groups in total. The van der Waals surface area contributed by atoms with Crippen molar-refractivity contribution in [1.82, 2.24) is 16.0 Å². The minimum absolute atomic E-state index is 0.00364. The molecule has 0 aliphatic carbocycles. The van der Waals surface area contributed by atoms with E-state index in [9.17, 15) is 29.1 Å². The second kappa shape index (κ2) is 35.8. The Bertz CT molecular complexity index is 903. The Labute approximate surface area is 307 Å². The Balaban J connectivity index is 3.67. The number of carbonyl (C=O) groups is 5. The molecule has 0 heterocycles. The van der Waals surface area contributed by atoms with Crippen LogP contribution >= 0.6 is 0 Å². The van der Waals surface area contributed by atoms with E-state index in [-0.39, 0.29) is 88.3 Å². The van der Waals surface area contributed by atoms with Gasteiger partial charge in [-0.3, -0.25) is 19.2 Å². The molecule has 3 amide bonds. The summed E-state index contributed by atoms with van der Waals surface area (Å²) in [6.45, 7) is 8.01. The predicted molar refractivity (Wildman–Crippen MR) is 197 cm³/mol. The molecular weight excluding hydrogens is 658 g/mol. The van der Waals surface area contributed by atoms with Gasteiger partial charge in [0.2, 0.25) is 17.7 Å². The smallest absolute Gasteiger partial charge is 0.326 e. The van der Waals surface area contributed by atoms with Crippen LogP contribution in [0.3, 0.4) is 0 Å².